The topological polar surface area (TPSA) is 69.6 Å². The smallest absolute Gasteiger partial charge is 0.216 e. The van der Waals surface area contributed by atoms with Gasteiger partial charge in [-0.2, -0.15) is 0 Å². The van der Waals surface area contributed by atoms with E-state index in [2.05, 4.69) is 12.2 Å². The Morgan fingerprint density at radius 1 is 1.42 bits per heavy atom. The molecule has 0 aliphatic heterocycles. The average Bonchev–Trinajstić information content (AvgIpc) is 2.38. The van der Waals surface area contributed by atoms with Crippen molar-refractivity contribution in [3.63, 3.8) is 0 Å². The van der Waals surface area contributed by atoms with Crippen LogP contribution in [0, 0.1) is 0 Å². The minimum Gasteiger partial charge on any atom is -0.390 e. The number of aliphatic hydroxyl groups is 2. The lowest BCUT2D eigenvalue weighted by molar-refractivity contribution is -0.119. The molecule has 19 heavy (non-hydrogen) atoms. The van der Waals surface area contributed by atoms with E-state index in [-0.39, 0.29) is 5.91 Å². The van der Waals surface area contributed by atoms with E-state index in [9.17, 15) is 15.0 Å². The lowest BCUT2D eigenvalue weighted by atomic mass is 10.0. The van der Waals surface area contributed by atoms with Gasteiger partial charge in [0.25, 0.3) is 0 Å². The summed E-state index contributed by atoms with van der Waals surface area (Å²) >= 11 is 1.69. The Labute approximate surface area is 118 Å². The minimum absolute atomic E-state index is 0.136. The van der Waals surface area contributed by atoms with E-state index in [0.29, 0.717) is 18.5 Å². The summed E-state index contributed by atoms with van der Waals surface area (Å²) in [5, 5.41) is 22.6. The summed E-state index contributed by atoms with van der Waals surface area (Å²) in [4.78, 5) is 11.8. The second-order valence-electron chi connectivity index (χ2n) is 4.29. The van der Waals surface area contributed by atoms with Crippen molar-refractivity contribution in [3.05, 3.63) is 29.8 Å². The lowest BCUT2D eigenvalue weighted by Gasteiger charge is -2.18. The van der Waals surface area contributed by atoms with Crippen LogP contribution in [0.1, 0.15) is 31.9 Å². The molecule has 2 atom stereocenters. The summed E-state index contributed by atoms with van der Waals surface area (Å²) in [6.45, 7) is 3.85. The lowest BCUT2D eigenvalue weighted by Crippen LogP contribution is -2.27. The monoisotopic (exact) mass is 283 g/mol. The molecule has 4 nitrogen and oxygen atoms in total. The molecule has 0 saturated carbocycles. The van der Waals surface area contributed by atoms with Crippen molar-refractivity contribution < 1.29 is 15.0 Å². The number of carbonyl (C=O) groups excluding carboxylic acids is 1. The predicted octanol–water partition coefficient (Wildman–Crippen LogP) is 1.72. The van der Waals surface area contributed by atoms with Crippen LogP contribution in [0.25, 0.3) is 0 Å². The second-order valence-corrected chi connectivity index (χ2v) is 5.63. The Bertz CT molecular complexity index is 411. The first-order chi connectivity index (χ1) is 9.04. The van der Waals surface area contributed by atoms with Crippen LogP contribution < -0.4 is 5.32 Å². The van der Waals surface area contributed by atoms with Crippen LogP contribution in [0.15, 0.2) is 29.2 Å². The summed E-state index contributed by atoms with van der Waals surface area (Å²) in [7, 11) is 0. The van der Waals surface area contributed by atoms with Gasteiger partial charge in [0.15, 0.2) is 0 Å². The van der Waals surface area contributed by atoms with E-state index in [4.69, 9.17) is 0 Å². The molecular formula is C14H21NO3S. The molecule has 0 aliphatic rings. The van der Waals surface area contributed by atoms with E-state index < -0.39 is 12.2 Å². The SMILES string of the molecule is CCSc1cccc(C(O)C(O)CCNC(C)=O)c1. The van der Waals surface area contributed by atoms with Gasteiger partial charge in [0, 0.05) is 18.4 Å². The highest BCUT2D eigenvalue weighted by atomic mass is 32.2. The fraction of sp³-hybridized carbons (Fsp3) is 0.500. The zero-order valence-corrected chi connectivity index (χ0v) is 12.1. The minimum atomic E-state index is -0.925. The standard InChI is InChI=1S/C14H21NO3S/c1-3-19-12-6-4-5-11(9-12)14(18)13(17)7-8-15-10(2)16/h4-6,9,13-14,17-18H,3,7-8H2,1-2H3,(H,15,16). The number of benzene rings is 1. The number of nitrogens with one attached hydrogen (secondary N) is 1. The number of hydrogen-bond donors (Lipinski definition) is 3. The second kappa shape index (κ2) is 8.19. The van der Waals surface area contributed by atoms with Gasteiger partial charge < -0.3 is 15.5 Å². The van der Waals surface area contributed by atoms with Crippen LogP contribution in [0.5, 0.6) is 0 Å². The van der Waals surface area contributed by atoms with Crippen molar-refractivity contribution >= 4 is 17.7 Å². The number of rotatable bonds is 7. The Morgan fingerprint density at radius 3 is 2.79 bits per heavy atom. The third kappa shape index (κ3) is 5.63. The summed E-state index contributed by atoms with van der Waals surface area (Å²) in [6, 6.07) is 7.54. The number of aliphatic hydroxyl groups excluding tert-OH is 2. The maximum atomic E-state index is 10.7. The van der Waals surface area contributed by atoms with Gasteiger partial charge in [0.2, 0.25) is 5.91 Å². The average molecular weight is 283 g/mol. The summed E-state index contributed by atoms with van der Waals surface area (Å²) in [5.41, 5.74) is 0.703. The normalized spacial score (nSPS) is 13.9. The fourth-order valence-corrected chi connectivity index (χ4v) is 2.46. The Balaban J connectivity index is 2.57. The zero-order valence-electron chi connectivity index (χ0n) is 11.3. The van der Waals surface area contributed by atoms with Crippen LogP contribution in [-0.2, 0) is 4.79 Å². The first-order valence-corrected chi connectivity index (χ1v) is 7.36. The van der Waals surface area contributed by atoms with Gasteiger partial charge in [-0.25, -0.2) is 0 Å². The Morgan fingerprint density at radius 2 is 2.16 bits per heavy atom. The van der Waals surface area contributed by atoms with Crippen LogP contribution >= 0.6 is 11.8 Å². The molecule has 0 heterocycles. The molecule has 0 spiro atoms. The molecule has 3 N–H and O–H groups in total. The van der Waals surface area contributed by atoms with Crippen molar-refractivity contribution in [2.45, 2.75) is 37.4 Å². The molecule has 1 aromatic rings. The molecule has 1 aromatic carbocycles. The molecule has 1 amide bonds. The number of carbonyl (C=O) groups is 1. The predicted molar refractivity (Wildman–Crippen MR) is 77.1 cm³/mol. The Kier molecular flexibility index (Phi) is 6.91. The number of amides is 1. The van der Waals surface area contributed by atoms with Crippen LogP contribution in [0.4, 0.5) is 0 Å². The van der Waals surface area contributed by atoms with Crippen molar-refractivity contribution in [1.29, 1.82) is 0 Å². The molecular weight excluding hydrogens is 262 g/mol. The van der Waals surface area contributed by atoms with E-state index in [1.165, 1.54) is 6.92 Å². The zero-order chi connectivity index (χ0) is 14.3. The van der Waals surface area contributed by atoms with Crippen molar-refractivity contribution in [3.8, 4) is 0 Å². The van der Waals surface area contributed by atoms with Crippen LogP contribution in [0.3, 0.4) is 0 Å². The van der Waals surface area contributed by atoms with E-state index in [0.717, 1.165) is 10.6 Å². The molecule has 0 aromatic heterocycles. The molecule has 2 unspecified atom stereocenters. The Hall–Kier alpha value is -1.04. The van der Waals surface area contributed by atoms with Crippen molar-refractivity contribution in [1.82, 2.24) is 5.32 Å². The van der Waals surface area contributed by atoms with Crippen molar-refractivity contribution in [2.75, 3.05) is 12.3 Å². The summed E-state index contributed by atoms with van der Waals surface area (Å²) in [5.74, 6) is 0.827. The molecule has 5 heteroatoms. The first kappa shape index (κ1) is 16.0. The van der Waals surface area contributed by atoms with Gasteiger partial charge in [0.05, 0.1) is 6.10 Å². The number of hydrogen-bond acceptors (Lipinski definition) is 4. The third-order valence-corrected chi connectivity index (χ3v) is 3.57. The fourth-order valence-electron chi connectivity index (χ4n) is 1.73. The highest BCUT2D eigenvalue weighted by Crippen LogP contribution is 2.24. The van der Waals surface area contributed by atoms with Crippen LogP contribution in [0.2, 0.25) is 0 Å². The van der Waals surface area contributed by atoms with Gasteiger partial charge in [0.1, 0.15) is 6.10 Å². The van der Waals surface area contributed by atoms with Gasteiger partial charge >= 0.3 is 0 Å². The summed E-state index contributed by atoms with van der Waals surface area (Å²) < 4.78 is 0. The highest BCUT2D eigenvalue weighted by molar-refractivity contribution is 7.99. The van der Waals surface area contributed by atoms with Gasteiger partial charge in [-0.1, -0.05) is 19.1 Å². The molecule has 0 radical (unpaired) electrons. The third-order valence-electron chi connectivity index (χ3n) is 2.69. The van der Waals surface area contributed by atoms with Gasteiger partial charge in [-0.3, -0.25) is 4.79 Å². The quantitative estimate of drug-likeness (QED) is 0.666. The largest absolute Gasteiger partial charge is 0.390 e. The van der Waals surface area contributed by atoms with Crippen LogP contribution in [-0.4, -0.2) is 34.5 Å². The first-order valence-electron chi connectivity index (χ1n) is 6.38. The van der Waals surface area contributed by atoms with Gasteiger partial charge in [-0.05, 0) is 29.9 Å². The molecule has 106 valence electrons. The maximum Gasteiger partial charge on any atom is 0.216 e. The molecule has 0 aliphatic carbocycles. The van der Waals surface area contributed by atoms with Crippen molar-refractivity contribution in [2.24, 2.45) is 0 Å². The van der Waals surface area contributed by atoms with E-state index in [1.54, 1.807) is 17.8 Å². The van der Waals surface area contributed by atoms with E-state index >= 15 is 0 Å². The van der Waals surface area contributed by atoms with E-state index in [1.807, 2.05) is 18.2 Å². The highest BCUT2D eigenvalue weighted by Gasteiger charge is 2.18. The maximum absolute atomic E-state index is 10.7. The summed E-state index contributed by atoms with van der Waals surface area (Å²) in [6.07, 6.45) is -1.48. The number of thioether (sulfide) groups is 1. The van der Waals surface area contributed by atoms with Gasteiger partial charge in [-0.15, -0.1) is 11.8 Å². The molecule has 1 rings (SSSR count). The molecule has 0 fully saturated rings. The molecule has 0 saturated heterocycles. The molecule has 0 bridgehead atoms.